The minimum atomic E-state index is -1.11. The first-order valence-electron chi connectivity index (χ1n) is 11.4. The number of aliphatic hydroxyl groups is 1. The predicted octanol–water partition coefficient (Wildman–Crippen LogP) is 3.72. The highest BCUT2D eigenvalue weighted by Crippen LogP contribution is 2.46. The zero-order chi connectivity index (χ0) is 24.7. The minimum Gasteiger partial charge on any atom is -0.493 e. The van der Waals surface area contributed by atoms with E-state index < -0.39 is 16.8 Å². The Morgan fingerprint density at radius 2 is 1.91 bits per heavy atom. The van der Waals surface area contributed by atoms with Crippen LogP contribution in [0.25, 0.3) is 0 Å². The zero-order valence-electron chi connectivity index (χ0n) is 20.6. The molecule has 3 rings (SSSR count). The maximum absolute atomic E-state index is 13.0. The summed E-state index contributed by atoms with van der Waals surface area (Å²) in [7, 11) is 6.69. The van der Waals surface area contributed by atoms with Crippen LogP contribution in [0.1, 0.15) is 24.0 Å². The van der Waals surface area contributed by atoms with Gasteiger partial charge in [-0.05, 0) is 75.2 Å². The van der Waals surface area contributed by atoms with Crippen LogP contribution in [0.4, 0.5) is 0 Å². The van der Waals surface area contributed by atoms with Crippen molar-refractivity contribution in [1.29, 1.82) is 0 Å². The van der Waals surface area contributed by atoms with Gasteiger partial charge in [0.2, 0.25) is 0 Å². The van der Waals surface area contributed by atoms with Crippen molar-refractivity contribution in [2.45, 2.75) is 41.9 Å². The lowest BCUT2D eigenvalue weighted by molar-refractivity contribution is -0.147. The molecular weight excluding hydrogens is 454 g/mol. The third-order valence-electron chi connectivity index (χ3n) is 6.18. The number of esters is 1. The first-order valence-corrected chi connectivity index (χ1v) is 12.2. The van der Waals surface area contributed by atoms with Crippen LogP contribution >= 0.6 is 11.8 Å². The second-order valence-electron chi connectivity index (χ2n) is 8.61. The van der Waals surface area contributed by atoms with Gasteiger partial charge in [0, 0.05) is 6.54 Å². The molecule has 1 aliphatic rings. The number of likely N-dealkylation sites (N-methyl/N-ethyl adjacent to an activating group) is 1. The topological polar surface area (TPSA) is 77.5 Å². The third kappa shape index (κ3) is 5.98. The summed E-state index contributed by atoms with van der Waals surface area (Å²) in [6.45, 7) is 3.67. The molecule has 1 heterocycles. The van der Waals surface area contributed by atoms with Gasteiger partial charge in [-0.2, -0.15) is 0 Å². The number of aryl methyl sites for hydroxylation is 1. The van der Waals surface area contributed by atoms with Crippen LogP contribution in [-0.2, 0) is 16.0 Å². The number of rotatable bonds is 10. The Labute approximate surface area is 206 Å². The van der Waals surface area contributed by atoms with Crippen LogP contribution in [0.3, 0.4) is 0 Å². The summed E-state index contributed by atoms with van der Waals surface area (Å²) >= 11 is 1.36. The molecule has 0 bridgehead atoms. The Morgan fingerprint density at radius 3 is 2.62 bits per heavy atom. The van der Waals surface area contributed by atoms with Crippen LogP contribution < -0.4 is 14.2 Å². The van der Waals surface area contributed by atoms with E-state index in [1.807, 2.05) is 43.3 Å². The zero-order valence-corrected chi connectivity index (χ0v) is 21.4. The molecule has 0 radical (unpaired) electrons. The van der Waals surface area contributed by atoms with Gasteiger partial charge in [0.1, 0.15) is 23.2 Å². The second-order valence-corrected chi connectivity index (χ2v) is 9.98. The fraction of sp³-hybridized carbons (Fsp3) is 0.500. The van der Waals surface area contributed by atoms with E-state index in [4.69, 9.17) is 18.9 Å². The number of carbonyl (C=O) groups is 1. The number of methoxy groups -OCH3 is 3. The molecule has 0 amide bonds. The molecule has 0 unspecified atom stereocenters. The number of hydrogen-bond donors (Lipinski definition) is 1. The first kappa shape index (κ1) is 26.2. The normalized spacial score (nSPS) is 19.7. The quantitative estimate of drug-likeness (QED) is 0.506. The third-order valence-corrected chi connectivity index (χ3v) is 7.72. The summed E-state index contributed by atoms with van der Waals surface area (Å²) in [4.78, 5) is 16.0. The van der Waals surface area contributed by atoms with Crippen molar-refractivity contribution in [2.75, 3.05) is 48.1 Å². The number of thioether (sulfide) groups is 1. The summed E-state index contributed by atoms with van der Waals surface area (Å²) in [5.74, 6) is 1.70. The van der Waals surface area contributed by atoms with Gasteiger partial charge in [0.05, 0.1) is 26.2 Å². The van der Waals surface area contributed by atoms with Crippen molar-refractivity contribution >= 4 is 17.7 Å². The number of ether oxygens (including phenoxy) is 4. The van der Waals surface area contributed by atoms with E-state index in [9.17, 15) is 9.90 Å². The van der Waals surface area contributed by atoms with Crippen LogP contribution in [0.2, 0.25) is 0 Å². The molecule has 0 aromatic heterocycles. The number of nitrogens with zero attached hydrogens (tertiary/aromatic N) is 1. The highest BCUT2D eigenvalue weighted by molar-refractivity contribution is 8.01. The van der Waals surface area contributed by atoms with Crippen LogP contribution in [0.15, 0.2) is 41.3 Å². The summed E-state index contributed by atoms with van der Waals surface area (Å²) < 4.78 is 20.6. The van der Waals surface area contributed by atoms with Crippen molar-refractivity contribution in [3.05, 3.63) is 47.5 Å². The molecule has 8 heteroatoms. The molecule has 2 aromatic rings. The van der Waals surface area contributed by atoms with E-state index in [2.05, 4.69) is 11.9 Å². The SMILES string of the molecule is COC(=O)[C@]1(CCCN(C)CCc2ccc(OC)c(OC)c2)Sc2cc(C)ccc2OC[C@@H]1O. The van der Waals surface area contributed by atoms with E-state index in [-0.39, 0.29) is 6.61 Å². The average molecular weight is 490 g/mol. The van der Waals surface area contributed by atoms with E-state index >= 15 is 0 Å². The van der Waals surface area contributed by atoms with Crippen LogP contribution in [0, 0.1) is 6.92 Å². The van der Waals surface area contributed by atoms with Gasteiger partial charge in [-0.25, -0.2) is 0 Å². The Bertz CT molecular complexity index is 984. The molecule has 0 aliphatic carbocycles. The molecular formula is C26H35NO6S. The van der Waals surface area contributed by atoms with Gasteiger partial charge in [-0.1, -0.05) is 12.1 Å². The lowest BCUT2D eigenvalue weighted by Crippen LogP contribution is -2.49. The standard InChI is InChI=1S/C26H35NO6S/c1-18-7-9-21-23(15-18)34-26(25(29)32-5,24(28)17-33-21)12-6-13-27(2)14-11-19-8-10-20(30-3)22(16-19)31-4/h7-10,15-16,24,28H,6,11-14,17H2,1-5H3/t24-,26+/m0/s1. The van der Waals surface area contributed by atoms with Gasteiger partial charge in [-0.15, -0.1) is 11.8 Å². The van der Waals surface area contributed by atoms with Gasteiger partial charge in [-0.3, -0.25) is 4.79 Å². The fourth-order valence-electron chi connectivity index (χ4n) is 4.13. The number of benzene rings is 2. The van der Waals surface area contributed by atoms with Gasteiger partial charge in [0.15, 0.2) is 11.5 Å². The van der Waals surface area contributed by atoms with Crippen molar-refractivity contribution in [2.24, 2.45) is 0 Å². The van der Waals surface area contributed by atoms with Crippen LogP contribution in [-0.4, -0.2) is 74.9 Å². The summed E-state index contributed by atoms with van der Waals surface area (Å²) in [6, 6.07) is 11.8. The summed E-state index contributed by atoms with van der Waals surface area (Å²) in [5.41, 5.74) is 2.23. The van der Waals surface area contributed by atoms with Gasteiger partial charge < -0.3 is 29.0 Å². The predicted molar refractivity (Wildman–Crippen MR) is 133 cm³/mol. The lowest BCUT2D eigenvalue weighted by Gasteiger charge is -2.33. The fourth-order valence-corrected chi connectivity index (χ4v) is 5.61. The number of fused-ring (bicyclic) bond motifs is 1. The van der Waals surface area contributed by atoms with Gasteiger partial charge in [0.25, 0.3) is 0 Å². The van der Waals surface area contributed by atoms with Gasteiger partial charge >= 0.3 is 5.97 Å². The molecule has 1 N–H and O–H groups in total. The second kappa shape index (κ2) is 11.8. The molecule has 2 aromatic carbocycles. The number of hydrogen-bond acceptors (Lipinski definition) is 8. The molecule has 0 saturated heterocycles. The van der Waals surface area contributed by atoms with E-state index in [0.29, 0.717) is 17.9 Å². The van der Waals surface area contributed by atoms with Crippen molar-refractivity contribution < 1.29 is 28.8 Å². The highest BCUT2D eigenvalue weighted by atomic mass is 32.2. The van der Waals surface area contributed by atoms with E-state index in [1.54, 1.807) is 14.2 Å². The average Bonchev–Trinajstić information content (AvgIpc) is 2.98. The molecule has 0 saturated carbocycles. The molecule has 7 nitrogen and oxygen atoms in total. The Morgan fingerprint density at radius 1 is 1.15 bits per heavy atom. The molecule has 2 atom stereocenters. The Hall–Kier alpha value is -2.42. The van der Waals surface area contributed by atoms with E-state index in [0.717, 1.165) is 47.7 Å². The summed E-state index contributed by atoms with van der Waals surface area (Å²) in [6.07, 6.45) is 1.08. The first-order chi connectivity index (χ1) is 16.3. The summed E-state index contributed by atoms with van der Waals surface area (Å²) in [5, 5.41) is 11.0. The Balaban J connectivity index is 1.63. The van der Waals surface area contributed by atoms with E-state index in [1.165, 1.54) is 18.9 Å². The molecule has 34 heavy (non-hydrogen) atoms. The van der Waals surface area contributed by atoms with Crippen molar-refractivity contribution in [3.63, 3.8) is 0 Å². The number of carbonyl (C=O) groups excluding carboxylic acids is 1. The number of aliphatic hydroxyl groups excluding tert-OH is 1. The maximum Gasteiger partial charge on any atom is 0.325 e. The Kier molecular flexibility index (Phi) is 9.10. The molecule has 0 spiro atoms. The lowest BCUT2D eigenvalue weighted by atomic mass is 9.95. The minimum absolute atomic E-state index is 0.0489. The molecule has 0 fully saturated rings. The maximum atomic E-state index is 13.0. The van der Waals surface area contributed by atoms with Crippen LogP contribution in [0.5, 0.6) is 17.2 Å². The monoisotopic (exact) mass is 489 g/mol. The van der Waals surface area contributed by atoms with Crippen molar-refractivity contribution in [1.82, 2.24) is 4.90 Å². The molecule has 186 valence electrons. The molecule has 1 aliphatic heterocycles. The van der Waals surface area contributed by atoms with Crippen molar-refractivity contribution in [3.8, 4) is 17.2 Å². The highest BCUT2D eigenvalue weighted by Gasteiger charge is 2.49. The smallest absolute Gasteiger partial charge is 0.325 e. The largest absolute Gasteiger partial charge is 0.493 e.